The average Bonchev–Trinajstić information content (AvgIpc) is 2.21. The van der Waals surface area contributed by atoms with Gasteiger partial charge in [0.2, 0.25) is 0 Å². The highest BCUT2D eigenvalue weighted by Crippen LogP contribution is 2.34. The summed E-state index contributed by atoms with van der Waals surface area (Å²) in [6.45, 7) is 4.29. The Hall–Kier alpha value is -1.14. The molecule has 0 aromatic heterocycles. The number of benzene rings is 1. The van der Waals surface area contributed by atoms with Gasteiger partial charge in [-0.2, -0.15) is 0 Å². The summed E-state index contributed by atoms with van der Waals surface area (Å²) in [5.41, 5.74) is 0.730. The number of aryl methyl sites for hydroxylation is 1. The van der Waals surface area contributed by atoms with Crippen molar-refractivity contribution < 1.29 is 9.66 Å². The van der Waals surface area contributed by atoms with E-state index in [1.807, 2.05) is 14.0 Å². The van der Waals surface area contributed by atoms with E-state index in [-0.39, 0.29) is 11.8 Å². The summed E-state index contributed by atoms with van der Waals surface area (Å²) in [6.07, 6.45) is -0.126. The van der Waals surface area contributed by atoms with Crippen molar-refractivity contribution in [2.45, 2.75) is 20.0 Å². The van der Waals surface area contributed by atoms with Crippen LogP contribution in [0.4, 0.5) is 5.69 Å². The van der Waals surface area contributed by atoms with E-state index in [1.54, 1.807) is 13.0 Å². The lowest BCUT2D eigenvalue weighted by Gasteiger charge is -2.16. The first-order chi connectivity index (χ1) is 7.95. The fourth-order valence-electron chi connectivity index (χ4n) is 1.53. The number of halogens is 1. The van der Waals surface area contributed by atoms with Gasteiger partial charge in [0.05, 0.1) is 4.92 Å². The number of hydrogen-bond donors (Lipinski definition) is 1. The smallest absolute Gasteiger partial charge is 0.312 e. The monoisotopic (exact) mass is 302 g/mol. The summed E-state index contributed by atoms with van der Waals surface area (Å²) in [5, 5.41) is 13.9. The van der Waals surface area contributed by atoms with Gasteiger partial charge in [0.25, 0.3) is 0 Å². The van der Waals surface area contributed by atoms with Crippen LogP contribution in [0.25, 0.3) is 0 Å². The number of nitro benzene ring substituents is 1. The number of ether oxygens (including phenoxy) is 1. The Morgan fingerprint density at radius 1 is 1.59 bits per heavy atom. The van der Waals surface area contributed by atoms with Gasteiger partial charge in [0.1, 0.15) is 6.10 Å². The third-order valence-electron chi connectivity index (χ3n) is 2.23. The molecule has 5 nitrogen and oxygen atoms in total. The van der Waals surface area contributed by atoms with Crippen LogP contribution < -0.4 is 10.1 Å². The van der Waals surface area contributed by atoms with E-state index in [0.717, 1.165) is 5.56 Å². The van der Waals surface area contributed by atoms with Gasteiger partial charge in [-0.25, -0.2) is 0 Å². The molecule has 1 aromatic carbocycles. The summed E-state index contributed by atoms with van der Waals surface area (Å²) >= 11 is 3.24. The van der Waals surface area contributed by atoms with Gasteiger partial charge < -0.3 is 10.1 Å². The summed E-state index contributed by atoms with van der Waals surface area (Å²) in [4.78, 5) is 10.5. The molecule has 1 unspecified atom stereocenters. The highest BCUT2D eigenvalue weighted by atomic mass is 79.9. The van der Waals surface area contributed by atoms with Crippen LogP contribution >= 0.6 is 15.9 Å². The van der Waals surface area contributed by atoms with E-state index in [9.17, 15) is 10.1 Å². The molecular weight excluding hydrogens is 288 g/mol. The summed E-state index contributed by atoms with van der Waals surface area (Å²) in [6, 6.07) is 3.25. The van der Waals surface area contributed by atoms with E-state index < -0.39 is 4.92 Å². The van der Waals surface area contributed by atoms with Crippen molar-refractivity contribution in [2.24, 2.45) is 0 Å². The molecule has 1 rings (SSSR count). The highest BCUT2D eigenvalue weighted by Gasteiger charge is 2.20. The van der Waals surface area contributed by atoms with Crippen molar-refractivity contribution in [2.75, 3.05) is 13.6 Å². The van der Waals surface area contributed by atoms with Crippen LogP contribution in [0.3, 0.4) is 0 Å². The summed E-state index contributed by atoms with van der Waals surface area (Å²) in [5.74, 6) is 0.334. The van der Waals surface area contributed by atoms with E-state index in [4.69, 9.17) is 4.74 Å². The van der Waals surface area contributed by atoms with Crippen molar-refractivity contribution in [1.29, 1.82) is 0 Å². The maximum atomic E-state index is 11.0. The minimum absolute atomic E-state index is 0.0140. The standard InChI is InChI=1S/C11H15BrN2O3/c1-7-4-9(12)5-10(14(15)16)11(7)17-8(2)6-13-3/h4-5,8,13H,6H2,1-3H3. The van der Waals surface area contributed by atoms with Crippen molar-refractivity contribution in [3.8, 4) is 5.75 Å². The van der Waals surface area contributed by atoms with Gasteiger partial charge in [-0.1, -0.05) is 15.9 Å². The van der Waals surface area contributed by atoms with Gasteiger partial charge in [0, 0.05) is 17.1 Å². The lowest BCUT2D eigenvalue weighted by molar-refractivity contribution is -0.386. The van der Waals surface area contributed by atoms with Crippen LogP contribution in [0.15, 0.2) is 16.6 Å². The Kier molecular flexibility index (Phi) is 4.89. The van der Waals surface area contributed by atoms with Gasteiger partial charge >= 0.3 is 5.69 Å². The number of likely N-dealkylation sites (N-methyl/N-ethyl adjacent to an activating group) is 1. The fourth-order valence-corrected chi connectivity index (χ4v) is 2.09. The van der Waals surface area contributed by atoms with Crippen LogP contribution in [0.1, 0.15) is 12.5 Å². The Balaban J connectivity index is 3.08. The molecule has 0 bridgehead atoms. The Bertz CT molecular complexity index is 423. The number of nitrogens with one attached hydrogen (secondary N) is 1. The molecule has 0 saturated heterocycles. The first kappa shape index (κ1) is 13.9. The van der Waals surface area contributed by atoms with E-state index >= 15 is 0 Å². The molecule has 17 heavy (non-hydrogen) atoms. The molecule has 0 spiro atoms. The minimum atomic E-state index is -0.431. The maximum Gasteiger partial charge on any atom is 0.312 e. The largest absolute Gasteiger partial charge is 0.482 e. The number of rotatable bonds is 5. The second-order valence-electron chi connectivity index (χ2n) is 3.81. The van der Waals surface area contributed by atoms with Crippen molar-refractivity contribution in [3.63, 3.8) is 0 Å². The molecule has 6 heteroatoms. The first-order valence-electron chi connectivity index (χ1n) is 5.21. The third-order valence-corrected chi connectivity index (χ3v) is 2.68. The minimum Gasteiger partial charge on any atom is -0.482 e. The summed E-state index contributed by atoms with van der Waals surface area (Å²) < 4.78 is 6.28. The molecule has 0 aliphatic carbocycles. The van der Waals surface area contributed by atoms with Gasteiger partial charge in [-0.05, 0) is 32.5 Å². The second-order valence-corrected chi connectivity index (χ2v) is 4.73. The van der Waals surface area contributed by atoms with Crippen molar-refractivity contribution in [1.82, 2.24) is 5.32 Å². The molecule has 0 heterocycles. The zero-order valence-corrected chi connectivity index (χ0v) is 11.6. The van der Waals surface area contributed by atoms with Crippen LogP contribution in [0.5, 0.6) is 5.75 Å². The molecule has 0 fully saturated rings. The molecule has 0 amide bonds. The second kappa shape index (κ2) is 5.97. The maximum absolute atomic E-state index is 11.0. The molecule has 0 radical (unpaired) electrons. The molecular formula is C11H15BrN2O3. The van der Waals surface area contributed by atoms with Crippen LogP contribution in [0.2, 0.25) is 0 Å². The normalized spacial score (nSPS) is 12.2. The van der Waals surface area contributed by atoms with E-state index in [2.05, 4.69) is 21.2 Å². The predicted molar refractivity (Wildman–Crippen MR) is 69.6 cm³/mol. The van der Waals surface area contributed by atoms with Crippen LogP contribution in [0, 0.1) is 17.0 Å². The van der Waals surface area contributed by atoms with Crippen molar-refractivity contribution >= 4 is 21.6 Å². The molecule has 94 valence electrons. The van der Waals surface area contributed by atoms with Crippen LogP contribution in [-0.4, -0.2) is 24.6 Å². The van der Waals surface area contributed by atoms with Crippen LogP contribution in [-0.2, 0) is 0 Å². The van der Waals surface area contributed by atoms with Crippen molar-refractivity contribution in [3.05, 3.63) is 32.3 Å². The molecule has 0 aliphatic rings. The highest BCUT2D eigenvalue weighted by molar-refractivity contribution is 9.10. The van der Waals surface area contributed by atoms with Gasteiger partial charge in [0.15, 0.2) is 5.75 Å². The number of nitrogens with zero attached hydrogens (tertiary/aromatic N) is 1. The number of nitro groups is 1. The predicted octanol–water partition coefficient (Wildman–Crippen LogP) is 2.65. The van der Waals surface area contributed by atoms with Gasteiger partial charge in [-0.15, -0.1) is 0 Å². The Labute approximate surface area is 108 Å². The Morgan fingerprint density at radius 3 is 2.76 bits per heavy atom. The first-order valence-corrected chi connectivity index (χ1v) is 6.00. The lowest BCUT2D eigenvalue weighted by atomic mass is 10.2. The topological polar surface area (TPSA) is 64.4 Å². The fraction of sp³-hybridized carbons (Fsp3) is 0.455. The lowest BCUT2D eigenvalue weighted by Crippen LogP contribution is -2.26. The number of hydrogen-bond acceptors (Lipinski definition) is 4. The average molecular weight is 303 g/mol. The van der Waals surface area contributed by atoms with E-state index in [1.165, 1.54) is 6.07 Å². The van der Waals surface area contributed by atoms with E-state index in [0.29, 0.717) is 16.8 Å². The molecule has 1 atom stereocenters. The Morgan fingerprint density at radius 2 is 2.24 bits per heavy atom. The third kappa shape index (κ3) is 3.67. The zero-order chi connectivity index (χ0) is 13.0. The SMILES string of the molecule is CNCC(C)Oc1c(C)cc(Br)cc1[N+](=O)[O-]. The quantitative estimate of drug-likeness (QED) is 0.671. The zero-order valence-electron chi connectivity index (χ0n) is 9.99. The molecule has 0 aliphatic heterocycles. The molecule has 1 N–H and O–H groups in total. The van der Waals surface area contributed by atoms with Gasteiger partial charge in [-0.3, -0.25) is 10.1 Å². The molecule has 1 aromatic rings. The summed E-state index contributed by atoms with van der Waals surface area (Å²) in [7, 11) is 1.81. The molecule has 0 saturated carbocycles.